The Labute approximate surface area is 198 Å². The smallest absolute Gasteiger partial charge is 0.257 e. The monoisotopic (exact) mass is 465 g/mol. The minimum atomic E-state index is -0.679. The van der Waals surface area contributed by atoms with Crippen molar-refractivity contribution < 1.29 is 14.3 Å². The molecule has 180 valence electrons. The molecule has 1 fully saturated rings. The van der Waals surface area contributed by atoms with Gasteiger partial charge in [0.05, 0.1) is 17.3 Å². The van der Waals surface area contributed by atoms with E-state index in [1.165, 1.54) is 16.5 Å². The predicted octanol–water partition coefficient (Wildman–Crippen LogP) is 4.59. The van der Waals surface area contributed by atoms with Crippen molar-refractivity contribution in [1.29, 1.82) is 0 Å². The van der Waals surface area contributed by atoms with Gasteiger partial charge in [-0.25, -0.2) is 0 Å². The van der Waals surface area contributed by atoms with E-state index in [1.54, 1.807) is 26.2 Å². The molecule has 1 atom stereocenters. The Balaban J connectivity index is 1.62. The fraction of sp³-hybridized carbons (Fsp3) is 0.423. The van der Waals surface area contributed by atoms with Crippen LogP contribution in [0.2, 0.25) is 0 Å². The van der Waals surface area contributed by atoms with Crippen LogP contribution in [-0.4, -0.2) is 30.0 Å². The normalized spacial score (nSPS) is 14.4. The van der Waals surface area contributed by atoms with Crippen LogP contribution in [0, 0.1) is 0 Å². The molecule has 8 heteroatoms. The number of carbonyl (C=O) groups is 1. The average Bonchev–Trinajstić information content (AvgIpc) is 3.56. The van der Waals surface area contributed by atoms with Crippen molar-refractivity contribution in [3.05, 3.63) is 67.4 Å². The van der Waals surface area contributed by atoms with Crippen LogP contribution < -0.4 is 21.5 Å². The lowest BCUT2D eigenvalue weighted by atomic mass is 10.0. The second-order valence-electron chi connectivity index (χ2n) is 9.44. The van der Waals surface area contributed by atoms with Crippen LogP contribution in [-0.2, 0) is 0 Å². The summed E-state index contributed by atoms with van der Waals surface area (Å²) in [5, 5.41) is 16.6. The molecule has 1 aliphatic rings. The molecule has 3 aromatic rings. The molecule has 0 unspecified atom stereocenters. The molecule has 0 radical (unpaired) electrons. The van der Waals surface area contributed by atoms with Gasteiger partial charge in [0.25, 0.3) is 16.8 Å². The van der Waals surface area contributed by atoms with Gasteiger partial charge in [0.1, 0.15) is 22.9 Å². The van der Waals surface area contributed by atoms with Crippen molar-refractivity contribution in [3.63, 3.8) is 0 Å². The summed E-state index contributed by atoms with van der Waals surface area (Å²) in [4.78, 5) is 38.5. The number of carbonyl (C=O) groups excluding carboxylic acids is 1. The van der Waals surface area contributed by atoms with Crippen molar-refractivity contribution in [1.82, 2.24) is 4.90 Å². The van der Waals surface area contributed by atoms with Gasteiger partial charge in [-0.3, -0.25) is 14.4 Å². The minimum Gasteiger partial charge on any atom is -0.505 e. The summed E-state index contributed by atoms with van der Waals surface area (Å²) in [6, 6.07) is 6.41. The Morgan fingerprint density at radius 3 is 2.44 bits per heavy atom. The second kappa shape index (κ2) is 9.00. The molecule has 1 heterocycles. The average molecular weight is 466 g/mol. The number of aromatic hydroxyl groups is 1. The highest BCUT2D eigenvalue weighted by Gasteiger charge is 2.33. The van der Waals surface area contributed by atoms with E-state index in [-0.39, 0.29) is 40.3 Å². The van der Waals surface area contributed by atoms with Crippen molar-refractivity contribution in [2.45, 2.75) is 57.9 Å². The zero-order valence-electron chi connectivity index (χ0n) is 20.2. The molecule has 2 aromatic carbocycles. The van der Waals surface area contributed by atoms with Crippen LogP contribution in [0.3, 0.4) is 0 Å². The van der Waals surface area contributed by atoms with E-state index in [4.69, 9.17) is 4.42 Å². The highest BCUT2D eigenvalue weighted by atomic mass is 16.3. The van der Waals surface area contributed by atoms with E-state index in [9.17, 15) is 19.5 Å². The number of hydrogen-bond acceptors (Lipinski definition) is 7. The first kappa shape index (κ1) is 23.6. The number of hydrogen-bond donors (Lipinski definition) is 3. The van der Waals surface area contributed by atoms with Crippen LogP contribution in [0.5, 0.6) is 5.75 Å². The SMILES string of the molecule is CC[C@@H](Nc1c(Nc2cccc(C(=O)N(C)C)c2O)c(=O)c1=O)c1cc(C(C)C)c(C2CC2)o1. The topological polar surface area (TPSA) is 112 Å². The number of phenols is 1. The van der Waals surface area contributed by atoms with Crippen molar-refractivity contribution in [2.75, 3.05) is 24.7 Å². The summed E-state index contributed by atoms with van der Waals surface area (Å²) in [5.74, 6) is 1.91. The second-order valence-corrected chi connectivity index (χ2v) is 9.44. The molecule has 3 N–H and O–H groups in total. The maximum absolute atomic E-state index is 12.4. The van der Waals surface area contributed by atoms with E-state index in [2.05, 4.69) is 30.5 Å². The molecule has 0 saturated heterocycles. The van der Waals surface area contributed by atoms with Crippen molar-refractivity contribution in [2.24, 2.45) is 0 Å². The first-order chi connectivity index (χ1) is 16.1. The molecular formula is C26H31N3O5. The molecular weight excluding hydrogens is 434 g/mol. The highest BCUT2D eigenvalue weighted by Crippen LogP contribution is 2.46. The Bertz CT molecular complexity index is 1270. The summed E-state index contributed by atoms with van der Waals surface area (Å²) in [5.41, 5.74) is 0.364. The Morgan fingerprint density at radius 2 is 1.85 bits per heavy atom. The van der Waals surface area contributed by atoms with E-state index in [0.29, 0.717) is 18.3 Å². The van der Waals surface area contributed by atoms with Crippen molar-refractivity contribution >= 4 is 23.0 Å². The number of benzene rings is 1. The number of furan rings is 1. The molecule has 0 aliphatic heterocycles. The number of phenolic OH excluding ortho intramolecular Hbond substituents is 1. The summed E-state index contributed by atoms with van der Waals surface area (Å²) in [6.45, 7) is 6.25. The van der Waals surface area contributed by atoms with Gasteiger partial charge in [0, 0.05) is 20.0 Å². The van der Waals surface area contributed by atoms with E-state index >= 15 is 0 Å². The number of amides is 1. The van der Waals surface area contributed by atoms with Gasteiger partial charge in [-0.15, -0.1) is 0 Å². The zero-order valence-corrected chi connectivity index (χ0v) is 20.2. The number of para-hydroxylation sites is 1. The van der Waals surface area contributed by atoms with Crippen LogP contribution in [0.1, 0.15) is 85.4 Å². The van der Waals surface area contributed by atoms with E-state index in [1.807, 2.05) is 6.92 Å². The predicted molar refractivity (Wildman–Crippen MR) is 132 cm³/mol. The van der Waals surface area contributed by atoms with E-state index in [0.717, 1.165) is 24.4 Å². The first-order valence-corrected chi connectivity index (χ1v) is 11.7. The maximum Gasteiger partial charge on any atom is 0.257 e. The maximum atomic E-state index is 12.4. The third kappa shape index (κ3) is 4.20. The molecule has 1 amide bonds. The zero-order chi connectivity index (χ0) is 24.7. The molecule has 1 aromatic heterocycles. The fourth-order valence-corrected chi connectivity index (χ4v) is 4.12. The third-order valence-electron chi connectivity index (χ3n) is 6.29. The quantitative estimate of drug-likeness (QED) is 0.313. The van der Waals surface area contributed by atoms with Crippen LogP contribution in [0.4, 0.5) is 17.1 Å². The lowest BCUT2D eigenvalue weighted by Gasteiger charge is -2.21. The van der Waals surface area contributed by atoms with Gasteiger partial charge >= 0.3 is 0 Å². The number of nitrogens with zero attached hydrogens (tertiary/aromatic N) is 1. The molecule has 8 nitrogen and oxygen atoms in total. The van der Waals surface area contributed by atoms with Gasteiger partial charge in [-0.05, 0) is 48.9 Å². The Kier molecular flexibility index (Phi) is 6.25. The van der Waals surface area contributed by atoms with E-state index < -0.39 is 10.9 Å². The summed E-state index contributed by atoms with van der Waals surface area (Å²) in [7, 11) is 3.17. The van der Waals surface area contributed by atoms with Crippen LogP contribution in [0.25, 0.3) is 0 Å². The van der Waals surface area contributed by atoms with Crippen molar-refractivity contribution in [3.8, 4) is 5.75 Å². The van der Waals surface area contributed by atoms with Crippen LogP contribution in [0.15, 0.2) is 38.3 Å². The molecule has 0 spiro atoms. The third-order valence-corrected chi connectivity index (χ3v) is 6.29. The summed E-state index contributed by atoms with van der Waals surface area (Å²) in [6.07, 6.45) is 2.90. The van der Waals surface area contributed by atoms with Gasteiger partial charge in [0.2, 0.25) is 0 Å². The molecule has 1 aliphatic carbocycles. The standard InChI is InChI=1S/C26H31N3O5/c1-6-17(19-12-16(13(2)3)25(34-19)14-10-11-14)27-20-21(24(32)23(20)31)28-18-9-7-8-15(22(18)30)26(33)29(4)5/h7-9,12-14,17,27-28,30H,6,10-11H2,1-5H3/t17-/m1/s1. The largest absolute Gasteiger partial charge is 0.505 e. The molecule has 1 saturated carbocycles. The van der Waals surface area contributed by atoms with Crippen LogP contribution >= 0.6 is 0 Å². The summed E-state index contributed by atoms with van der Waals surface area (Å²) >= 11 is 0. The Hall–Kier alpha value is -3.55. The van der Waals surface area contributed by atoms with Gasteiger partial charge in [0.15, 0.2) is 5.75 Å². The molecule has 4 rings (SSSR count). The Morgan fingerprint density at radius 1 is 1.18 bits per heavy atom. The number of nitrogens with one attached hydrogen (secondary N) is 2. The number of rotatable bonds is 9. The number of anilines is 3. The lowest BCUT2D eigenvalue weighted by molar-refractivity contribution is 0.0824. The first-order valence-electron chi connectivity index (χ1n) is 11.7. The van der Waals surface area contributed by atoms with Gasteiger partial charge in [-0.1, -0.05) is 26.8 Å². The highest BCUT2D eigenvalue weighted by molar-refractivity contribution is 5.99. The molecule has 34 heavy (non-hydrogen) atoms. The molecule has 0 bridgehead atoms. The van der Waals surface area contributed by atoms with Gasteiger partial charge in [-0.2, -0.15) is 0 Å². The minimum absolute atomic E-state index is 0.0613. The summed E-state index contributed by atoms with van der Waals surface area (Å²) < 4.78 is 6.24. The lowest BCUT2D eigenvalue weighted by Crippen LogP contribution is -2.37. The van der Waals surface area contributed by atoms with Gasteiger partial charge < -0.3 is 25.1 Å². The fourth-order valence-electron chi connectivity index (χ4n) is 4.12.